The van der Waals surface area contributed by atoms with Crippen molar-refractivity contribution >= 4 is 39.4 Å². The summed E-state index contributed by atoms with van der Waals surface area (Å²) in [6.45, 7) is 9.53. The van der Waals surface area contributed by atoms with Crippen molar-refractivity contribution in [2.45, 2.75) is 39.5 Å². The SMILES string of the molecule is C=CCN(C(=O)c1cc(C2CC2)nc2onc(C)c12)c1nc(C)c(C(=O)OCC)s1. The van der Waals surface area contributed by atoms with Crippen LogP contribution in [0.2, 0.25) is 0 Å². The van der Waals surface area contributed by atoms with Crippen molar-refractivity contribution in [2.24, 2.45) is 0 Å². The Bertz CT molecular complexity index is 1150. The molecule has 30 heavy (non-hydrogen) atoms. The molecule has 1 saturated carbocycles. The number of aromatic nitrogens is 3. The number of anilines is 1. The molecule has 3 aromatic heterocycles. The van der Waals surface area contributed by atoms with E-state index in [1.165, 1.54) is 4.90 Å². The highest BCUT2D eigenvalue weighted by molar-refractivity contribution is 7.17. The lowest BCUT2D eigenvalue weighted by Gasteiger charge is -2.19. The quantitative estimate of drug-likeness (QED) is 0.413. The van der Waals surface area contributed by atoms with E-state index >= 15 is 0 Å². The van der Waals surface area contributed by atoms with Gasteiger partial charge in [-0.15, -0.1) is 6.58 Å². The van der Waals surface area contributed by atoms with E-state index in [1.54, 1.807) is 26.8 Å². The van der Waals surface area contributed by atoms with Crippen molar-refractivity contribution in [3.63, 3.8) is 0 Å². The minimum atomic E-state index is -0.443. The summed E-state index contributed by atoms with van der Waals surface area (Å²) in [4.78, 5) is 36.7. The molecule has 3 heterocycles. The molecule has 0 aromatic carbocycles. The molecule has 0 atom stereocenters. The molecule has 1 amide bonds. The fraction of sp³-hybridized carbons (Fsp3) is 0.381. The molecule has 1 aliphatic carbocycles. The minimum Gasteiger partial charge on any atom is -0.462 e. The van der Waals surface area contributed by atoms with Gasteiger partial charge in [0.1, 0.15) is 4.88 Å². The molecule has 0 N–H and O–H groups in total. The molecule has 0 bridgehead atoms. The number of esters is 1. The lowest BCUT2D eigenvalue weighted by molar-refractivity contribution is 0.0531. The van der Waals surface area contributed by atoms with Gasteiger partial charge in [0, 0.05) is 18.2 Å². The minimum absolute atomic E-state index is 0.237. The number of ether oxygens (including phenoxy) is 1. The topological polar surface area (TPSA) is 98.4 Å². The van der Waals surface area contributed by atoms with Gasteiger partial charge in [0.2, 0.25) is 0 Å². The molecular weight excluding hydrogens is 404 g/mol. The molecule has 0 saturated heterocycles. The van der Waals surface area contributed by atoms with Crippen LogP contribution in [0, 0.1) is 13.8 Å². The summed E-state index contributed by atoms with van der Waals surface area (Å²) in [5, 5.41) is 5.00. The number of carbonyl (C=O) groups is 2. The first-order valence-corrected chi connectivity index (χ1v) is 10.6. The summed E-state index contributed by atoms with van der Waals surface area (Å²) in [5.41, 5.74) is 2.79. The van der Waals surface area contributed by atoms with Gasteiger partial charge in [-0.05, 0) is 39.7 Å². The zero-order valence-electron chi connectivity index (χ0n) is 17.1. The number of thiazole rings is 1. The van der Waals surface area contributed by atoms with Crippen molar-refractivity contribution in [3.05, 3.63) is 46.2 Å². The second kappa shape index (κ2) is 7.98. The van der Waals surface area contributed by atoms with Gasteiger partial charge < -0.3 is 9.26 Å². The molecule has 1 aliphatic rings. The third kappa shape index (κ3) is 3.60. The smallest absolute Gasteiger partial charge is 0.350 e. The molecule has 0 radical (unpaired) electrons. The summed E-state index contributed by atoms with van der Waals surface area (Å²) in [6, 6.07) is 1.83. The molecule has 4 rings (SSSR count). The number of hydrogen-bond acceptors (Lipinski definition) is 8. The molecule has 9 heteroatoms. The van der Waals surface area contributed by atoms with Crippen LogP contribution < -0.4 is 4.90 Å². The van der Waals surface area contributed by atoms with E-state index in [0.29, 0.717) is 44.0 Å². The second-order valence-corrected chi connectivity index (χ2v) is 8.13. The highest BCUT2D eigenvalue weighted by atomic mass is 32.1. The average Bonchev–Trinajstić information content (AvgIpc) is 3.42. The third-order valence-electron chi connectivity index (χ3n) is 4.90. The van der Waals surface area contributed by atoms with Gasteiger partial charge in [0.25, 0.3) is 11.6 Å². The number of nitrogens with zero attached hydrogens (tertiary/aromatic N) is 4. The van der Waals surface area contributed by atoms with Crippen molar-refractivity contribution in [1.82, 2.24) is 15.1 Å². The highest BCUT2D eigenvalue weighted by Gasteiger charge is 2.31. The number of amides is 1. The van der Waals surface area contributed by atoms with Crippen molar-refractivity contribution < 1.29 is 18.8 Å². The van der Waals surface area contributed by atoms with Crippen LogP contribution in [0.15, 0.2) is 23.2 Å². The van der Waals surface area contributed by atoms with Crippen LogP contribution in [0.4, 0.5) is 5.13 Å². The summed E-state index contributed by atoms with van der Waals surface area (Å²) in [5.74, 6) is -0.363. The summed E-state index contributed by atoms with van der Waals surface area (Å²) >= 11 is 1.13. The molecule has 1 fully saturated rings. The van der Waals surface area contributed by atoms with Crippen LogP contribution in [0.1, 0.15) is 62.8 Å². The van der Waals surface area contributed by atoms with Gasteiger partial charge in [-0.3, -0.25) is 9.69 Å². The van der Waals surface area contributed by atoms with E-state index in [9.17, 15) is 9.59 Å². The number of hydrogen-bond donors (Lipinski definition) is 0. The predicted octanol–water partition coefficient (Wildman–Crippen LogP) is 4.18. The first-order chi connectivity index (χ1) is 14.4. The zero-order chi connectivity index (χ0) is 21.4. The van der Waals surface area contributed by atoms with E-state index in [0.717, 1.165) is 29.9 Å². The monoisotopic (exact) mass is 426 g/mol. The number of aryl methyl sites for hydroxylation is 2. The maximum absolute atomic E-state index is 13.6. The standard InChI is InChI=1S/C21H22N4O4S/c1-5-9-25(21-22-12(4)17(30-21)20(27)28-6-2)19(26)14-10-15(13-7-8-13)23-18-16(14)11(3)24-29-18/h5,10,13H,1,6-9H2,2-4H3. The van der Waals surface area contributed by atoms with Crippen LogP contribution in [-0.2, 0) is 4.74 Å². The third-order valence-corrected chi connectivity index (χ3v) is 6.06. The lowest BCUT2D eigenvalue weighted by Crippen LogP contribution is -2.31. The molecule has 0 unspecified atom stereocenters. The van der Waals surface area contributed by atoms with Crippen molar-refractivity contribution in [3.8, 4) is 0 Å². The fourth-order valence-corrected chi connectivity index (χ4v) is 4.25. The number of pyridine rings is 1. The number of rotatable bonds is 7. The van der Waals surface area contributed by atoms with Crippen LogP contribution in [0.25, 0.3) is 11.1 Å². The van der Waals surface area contributed by atoms with Gasteiger partial charge in [-0.25, -0.2) is 14.8 Å². The maximum atomic E-state index is 13.6. The molecule has 0 aliphatic heterocycles. The summed E-state index contributed by atoms with van der Waals surface area (Å²) < 4.78 is 10.5. The number of fused-ring (bicyclic) bond motifs is 1. The van der Waals surface area contributed by atoms with Crippen molar-refractivity contribution in [1.29, 1.82) is 0 Å². The summed E-state index contributed by atoms with van der Waals surface area (Å²) in [7, 11) is 0. The van der Waals surface area contributed by atoms with Gasteiger partial charge in [-0.1, -0.05) is 22.6 Å². The Morgan fingerprint density at radius 1 is 1.33 bits per heavy atom. The van der Waals surface area contributed by atoms with Crippen LogP contribution >= 0.6 is 11.3 Å². The van der Waals surface area contributed by atoms with Gasteiger partial charge in [0.05, 0.1) is 28.9 Å². The van der Waals surface area contributed by atoms with Crippen LogP contribution in [0.3, 0.4) is 0 Å². The van der Waals surface area contributed by atoms with E-state index in [1.807, 2.05) is 6.07 Å². The first-order valence-electron chi connectivity index (χ1n) is 9.78. The Labute approximate surface area is 177 Å². The zero-order valence-corrected chi connectivity index (χ0v) is 17.9. The molecule has 8 nitrogen and oxygen atoms in total. The second-order valence-electron chi connectivity index (χ2n) is 7.15. The normalized spacial score (nSPS) is 13.4. The Balaban J connectivity index is 1.78. The van der Waals surface area contributed by atoms with E-state index in [2.05, 4.69) is 21.7 Å². The lowest BCUT2D eigenvalue weighted by atomic mass is 10.1. The fourth-order valence-electron chi connectivity index (χ4n) is 3.28. The van der Waals surface area contributed by atoms with E-state index in [-0.39, 0.29) is 19.1 Å². The Kier molecular flexibility index (Phi) is 5.38. The Morgan fingerprint density at radius 3 is 2.77 bits per heavy atom. The van der Waals surface area contributed by atoms with E-state index < -0.39 is 5.97 Å². The van der Waals surface area contributed by atoms with Crippen LogP contribution in [0.5, 0.6) is 0 Å². The van der Waals surface area contributed by atoms with Gasteiger partial charge >= 0.3 is 5.97 Å². The van der Waals surface area contributed by atoms with Crippen LogP contribution in [-0.4, -0.2) is 40.2 Å². The first kappa shape index (κ1) is 20.2. The largest absolute Gasteiger partial charge is 0.462 e. The molecular formula is C21H22N4O4S. The van der Waals surface area contributed by atoms with Gasteiger partial charge in [0.15, 0.2) is 5.13 Å². The number of carbonyl (C=O) groups excluding carboxylic acids is 2. The predicted molar refractivity (Wildman–Crippen MR) is 113 cm³/mol. The Hall–Kier alpha value is -3.07. The molecule has 156 valence electrons. The van der Waals surface area contributed by atoms with Gasteiger partial charge in [-0.2, -0.15) is 0 Å². The van der Waals surface area contributed by atoms with Crippen molar-refractivity contribution in [2.75, 3.05) is 18.1 Å². The highest BCUT2D eigenvalue weighted by Crippen LogP contribution is 2.41. The maximum Gasteiger partial charge on any atom is 0.350 e. The summed E-state index contributed by atoms with van der Waals surface area (Å²) in [6.07, 6.45) is 3.72. The Morgan fingerprint density at radius 2 is 2.10 bits per heavy atom. The molecule has 3 aromatic rings. The average molecular weight is 426 g/mol. The molecule has 0 spiro atoms. The van der Waals surface area contributed by atoms with E-state index in [4.69, 9.17) is 9.26 Å².